The van der Waals surface area contributed by atoms with Crippen molar-refractivity contribution in [3.8, 4) is 0 Å². The van der Waals surface area contributed by atoms with Crippen molar-refractivity contribution >= 4 is 9.84 Å². The van der Waals surface area contributed by atoms with E-state index in [0.29, 0.717) is 0 Å². The molecule has 4 heteroatoms. The van der Waals surface area contributed by atoms with Crippen molar-refractivity contribution in [2.24, 2.45) is 0 Å². The number of hydrogen-bond acceptors (Lipinski definition) is 3. The third-order valence-corrected chi connectivity index (χ3v) is 4.80. The van der Waals surface area contributed by atoms with Gasteiger partial charge in [-0.2, -0.15) is 0 Å². The lowest BCUT2D eigenvalue weighted by Crippen LogP contribution is -2.06. The molecule has 1 aromatic rings. The molecular weight excluding hydrogens is 200 g/mol. The summed E-state index contributed by atoms with van der Waals surface area (Å²) in [5.74, 6) is 0.160. The van der Waals surface area contributed by atoms with Gasteiger partial charge < -0.3 is 4.42 Å². The number of unbranched alkanes of at least 4 members (excludes halogenated alkanes) is 1. The number of fused-ring (bicyclic) bond motifs is 1. The first-order chi connectivity index (χ1) is 6.65. The summed E-state index contributed by atoms with van der Waals surface area (Å²) in [5.41, 5.74) is 1.74. The molecular formula is C10H14O3S. The van der Waals surface area contributed by atoms with Crippen molar-refractivity contribution in [3.63, 3.8) is 0 Å². The van der Waals surface area contributed by atoms with Crippen LogP contribution < -0.4 is 0 Å². The normalized spacial score (nSPS) is 23.6. The predicted molar refractivity (Wildman–Crippen MR) is 53.6 cm³/mol. The van der Waals surface area contributed by atoms with E-state index in [4.69, 9.17) is 4.42 Å². The topological polar surface area (TPSA) is 47.3 Å². The highest BCUT2D eigenvalue weighted by Gasteiger charge is 2.37. The van der Waals surface area contributed by atoms with Gasteiger partial charge in [0.2, 0.25) is 0 Å². The minimum absolute atomic E-state index is 0.160. The molecule has 1 atom stereocenters. The zero-order valence-electron chi connectivity index (χ0n) is 8.19. The molecule has 0 radical (unpaired) electrons. The summed E-state index contributed by atoms with van der Waals surface area (Å²) < 4.78 is 28.5. The third kappa shape index (κ3) is 1.47. The second-order valence-corrected chi connectivity index (χ2v) is 5.97. The van der Waals surface area contributed by atoms with Crippen LogP contribution in [0.15, 0.2) is 16.9 Å². The Morgan fingerprint density at radius 2 is 2.29 bits per heavy atom. The average Bonchev–Trinajstić information content (AvgIpc) is 2.60. The molecule has 1 unspecified atom stereocenters. The highest BCUT2D eigenvalue weighted by Crippen LogP contribution is 2.40. The van der Waals surface area contributed by atoms with E-state index < -0.39 is 9.84 Å². The van der Waals surface area contributed by atoms with Crippen molar-refractivity contribution in [2.75, 3.05) is 0 Å². The fourth-order valence-electron chi connectivity index (χ4n) is 1.97. The number of sulfone groups is 1. The Labute approximate surface area is 84.0 Å². The minimum Gasteiger partial charge on any atom is -0.472 e. The summed E-state index contributed by atoms with van der Waals surface area (Å²) in [6.07, 6.45) is 5.85. The van der Waals surface area contributed by atoms with Crippen molar-refractivity contribution in [3.05, 3.63) is 23.7 Å². The van der Waals surface area contributed by atoms with E-state index in [1.54, 1.807) is 12.5 Å². The second kappa shape index (κ2) is 3.42. The van der Waals surface area contributed by atoms with Crippen LogP contribution in [-0.2, 0) is 15.6 Å². The number of hydrogen-bond donors (Lipinski definition) is 0. The molecule has 0 aliphatic carbocycles. The fourth-order valence-corrected chi connectivity index (χ4v) is 3.96. The first kappa shape index (κ1) is 9.77. The van der Waals surface area contributed by atoms with Crippen molar-refractivity contribution in [1.29, 1.82) is 0 Å². The van der Waals surface area contributed by atoms with Gasteiger partial charge in [-0.25, -0.2) is 8.42 Å². The van der Waals surface area contributed by atoms with Crippen molar-refractivity contribution in [1.82, 2.24) is 0 Å². The Bertz CT molecular complexity index is 416. The molecule has 0 spiro atoms. The Morgan fingerprint density at radius 1 is 1.50 bits per heavy atom. The van der Waals surface area contributed by atoms with Gasteiger partial charge in [-0.05, 0) is 6.42 Å². The maximum Gasteiger partial charge on any atom is 0.161 e. The smallest absolute Gasteiger partial charge is 0.161 e. The van der Waals surface area contributed by atoms with Gasteiger partial charge in [-0.15, -0.1) is 0 Å². The molecule has 78 valence electrons. The minimum atomic E-state index is -2.94. The summed E-state index contributed by atoms with van der Waals surface area (Å²) in [6, 6.07) is 0. The summed E-state index contributed by atoms with van der Waals surface area (Å²) in [7, 11) is -2.94. The molecule has 2 heterocycles. The highest BCUT2D eigenvalue weighted by atomic mass is 32.2. The molecule has 0 saturated carbocycles. The van der Waals surface area contributed by atoms with E-state index in [2.05, 4.69) is 6.92 Å². The summed E-state index contributed by atoms with van der Waals surface area (Å²) in [5, 5.41) is -0.309. The van der Waals surface area contributed by atoms with Gasteiger partial charge in [0.25, 0.3) is 0 Å². The van der Waals surface area contributed by atoms with E-state index >= 15 is 0 Å². The van der Waals surface area contributed by atoms with Crippen LogP contribution in [0.1, 0.15) is 42.6 Å². The molecule has 14 heavy (non-hydrogen) atoms. The van der Waals surface area contributed by atoms with Crippen LogP contribution in [0.5, 0.6) is 0 Å². The second-order valence-electron chi connectivity index (χ2n) is 3.79. The maximum atomic E-state index is 11.7. The molecule has 0 N–H and O–H groups in total. The van der Waals surface area contributed by atoms with Gasteiger partial charge in [0.15, 0.2) is 9.84 Å². The molecule has 0 bridgehead atoms. The van der Waals surface area contributed by atoms with Crippen LogP contribution in [0.2, 0.25) is 0 Å². The fraction of sp³-hybridized carbons (Fsp3) is 0.600. The SMILES string of the molecule is CCCCC1c2cocc2CS1(=O)=O. The van der Waals surface area contributed by atoms with E-state index in [0.717, 1.165) is 30.4 Å². The Balaban J connectivity index is 2.29. The molecule has 3 nitrogen and oxygen atoms in total. The van der Waals surface area contributed by atoms with Crippen LogP contribution in [0.4, 0.5) is 0 Å². The summed E-state index contributed by atoms with van der Waals surface area (Å²) >= 11 is 0. The average molecular weight is 214 g/mol. The lowest BCUT2D eigenvalue weighted by molar-refractivity contribution is 0.546. The van der Waals surface area contributed by atoms with Gasteiger partial charge in [0, 0.05) is 11.1 Å². The molecule has 0 fully saturated rings. The van der Waals surface area contributed by atoms with E-state index in [9.17, 15) is 8.42 Å². The van der Waals surface area contributed by atoms with Crippen LogP contribution in [0.25, 0.3) is 0 Å². The Morgan fingerprint density at radius 3 is 3.00 bits per heavy atom. The first-order valence-corrected chi connectivity index (χ1v) is 6.63. The quantitative estimate of drug-likeness (QED) is 0.776. The molecule has 0 saturated heterocycles. The maximum absolute atomic E-state index is 11.7. The van der Waals surface area contributed by atoms with Crippen LogP contribution >= 0.6 is 0 Å². The van der Waals surface area contributed by atoms with Gasteiger partial charge in [0.1, 0.15) is 0 Å². The highest BCUT2D eigenvalue weighted by molar-refractivity contribution is 7.91. The Hall–Kier alpha value is -0.770. The lowest BCUT2D eigenvalue weighted by Gasteiger charge is -2.08. The summed E-state index contributed by atoms with van der Waals surface area (Å²) in [6.45, 7) is 2.07. The Kier molecular flexibility index (Phi) is 2.39. The number of furan rings is 1. The van der Waals surface area contributed by atoms with Crippen molar-refractivity contribution in [2.45, 2.75) is 37.2 Å². The van der Waals surface area contributed by atoms with Gasteiger partial charge in [-0.3, -0.25) is 0 Å². The lowest BCUT2D eigenvalue weighted by atomic mass is 10.1. The first-order valence-electron chi connectivity index (χ1n) is 4.91. The zero-order chi connectivity index (χ0) is 10.2. The monoisotopic (exact) mass is 214 g/mol. The molecule has 2 rings (SSSR count). The van der Waals surface area contributed by atoms with Gasteiger partial charge in [-0.1, -0.05) is 19.8 Å². The van der Waals surface area contributed by atoms with E-state index in [1.165, 1.54) is 0 Å². The van der Waals surface area contributed by atoms with Gasteiger partial charge in [0.05, 0.1) is 23.5 Å². The van der Waals surface area contributed by atoms with Crippen LogP contribution in [0, 0.1) is 0 Å². The zero-order valence-corrected chi connectivity index (χ0v) is 9.01. The van der Waals surface area contributed by atoms with Crippen LogP contribution in [0.3, 0.4) is 0 Å². The van der Waals surface area contributed by atoms with Gasteiger partial charge >= 0.3 is 0 Å². The van der Waals surface area contributed by atoms with Crippen molar-refractivity contribution < 1.29 is 12.8 Å². The van der Waals surface area contributed by atoms with Crippen LogP contribution in [-0.4, -0.2) is 8.42 Å². The molecule has 1 aliphatic heterocycles. The molecule has 1 aliphatic rings. The third-order valence-electron chi connectivity index (χ3n) is 2.73. The van der Waals surface area contributed by atoms with E-state index in [1.807, 2.05) is 0 Å². The number of rotatable bonds is 3. The summed E-state index contributed by atoms with van der Waals surface area (Å²) in [4.78, 5) is 0. The molecule has 0 amide bonds. The largest absolute Gasteiger partial charge is 0.472 e. The van der Waals surface area contributed by atoms with E-state index in [-0.39, 0.29) is 11.0 Å². The molecule has 0 aromatic carbocycles. The molecule has 1 aromatic heterocycles. The standard InChI is InChI=1S/C10H14O3S/c1-2-3-4-10-9-6-13-5-8(9)7-14(10,11)12/h5-6,10H,2-4,7H2,1H3. The predicted octanol–water partition coefficient (Wildman–Crippen LogP) is 2.44.